The lowest BCUT2D eigenvalue weighted by Crippen LogP contribution is -2.34. The van der Waals surface area contributed by atoms with Gasteiger partial charge >= 0.3 is 5.97 Å². The molecule has 2 amide bonds. The Bertz CT molecular complexity index is 761. The molecule has 0 unspecified atom stereocenters. The van der Waals surface area contributed by atoms with Crippen LogP contribution in [0.4, 0.5) is 4.79 Å². The van der Waals surface area contributed by atoms with Crippen LogP contribution in [0.1, 0.15) is 32.8 Å². The lowest BCUT2D eigenvalue weighted by Gasteiger charge is -2.15. The Hall–Kier alpha value is -2.48. The molecular weight excluding hydrogens is 370 g/mol. The number of benzene rings is 1. The molecule has 0 N–H and O–H groups in total. The average Bonchev–Trinajstić information content (AvgIpc) is 2.90. The second kappa shape index (κ2) is 9.45. The minimum atomic E-state index is -0.616. The van der Waals surface area contributed by atoms with E-state index < -0.39 is 17.1 Å². The summed E-state index contributed by atoms with van der Waals surface area (Å²) in [4.78, 5) is 37.1. The van der Waals surface area contributed by atoms with E-state index in [0.29, 0.717) is 17.1 Å². The lowest BCUT2D eigenvalue weighted by molar-refractivity contribution is -0.145. The number of amides is 2. The molecule has 0 aromatic heterocycles. The molecule has 7 nitrogen and oxygen atoms in total. The van der Waals surface area contributed by atoms with Crippen molar-refractivity contribution in [1.82, 2.24) is 4.90 Å². The third-order valence-corrected chi connectivity index (χ3v) is 4.76. The zero-order valence-corrected chi connectivity index (χ0v) is 16.6. The molecule has 1 fully saturated rings. The summed E-state index contributed by atoms with van der Waals surface area (Å²) in [5.41, 5.74) is 0.685. The molecule has 0 spiro atoms. The predicted octanol–water partition coefficient (Wildman–Crippen LogP) is 3.47. The molecule has 0 radical (unpaired) electrons. The molecule has 1 aromatic carbocycles. The molecule has 146 valence electrons. The SMILES string of the molecule is CCOC(=O)CN1C(=O)S/C(=C/c2ccc(O[C@@H](C)CC)c(OC)c2)C1=O. The first-order valence-electron chi connectivity index (χ1n) is 8.65. The van der Waals surface area contributed by atoms with Gasteiger partial charge in [0, 0.05) is 0 Å². The van der Waals surface area contributed by atoms with Crippen molar-refractivity contribution in [1.29, 1.82) is 0 Å². The van der Waals surface area contributed by atoms with Gasteiger partial charge in [0.1, 0.15) is 6.54 Å². The zero-order valence-electron chi connectivity index (χ0n) is 15.8. The van der Waals surface area contributed by atoms with Gasteiger partial charge in [-0.2, -0.15) is 0 Å². The number of carbonyl (C=O) groups is 3. The van der Waals surface area contributed by atoms with Crippen molar-refractivity contribution in [3.63, 3.8) is 0 Å². The first-order chi connectivity index (χ1) is 12.9. The van der Waals surface area contributed by atoms with Gasteiger partial charge in [0.25, 0.3) is 11.1 Å². The first-order valence-corrected chi connectivity index (χ1v) is 9.46. The molecular formula is C19H23NO6S. The standard InChI is InChI=1S/C19H23NO6S/c1-5-12(3)26-14-8-7-13(9-15(14)24-4)10-16-18(22)20(19(23)27-16)11-17(21)25-6-2/h7-10,12H,5-6,11H2,1-4H3/b16-10+/t12-/m0/s1. The van der Waals surface area contributed by atoms with Crippen molar-refractivity contribution in [3.8, 4) is 11.5 Å². The van der Waals surface area contributed by atoms with E-state index in [1.807, 2.05) is 13.8 Å². The van der Waals surface area contributed by atoms with Crippen molar-refractivity contribution in [2.45, 2.75) is 33.3 Å². The van der Waals surface area contributed by atoms with Crippen LogP contribution in [-0.2, 0) is 14.3 Å². The van der Waals surface area contributed by atoms with E-state index in [1.165, 1.54) is 7.11 Å². The Morgan fingerprint density at radius 2 is 2.00 bits per heavy atom. The van der Waals surface area contributed by atoms with Crippen molar-refractivity contribution in [2.75, 3.05) is 20.3 Å². The Morgan fingerprint density at radius 3 is 2.63 bits per heavy atom. The maximum Gasteiger partial charge on any atom is 0.326 e. The second-order valence-corrected chi connectivity index (χ2v) is 6.81. The topological polar surface area (TPSA) is 82.1 Å². The van der Waals surface area contributed by atoms with Crippen LogP contribution >= 0.6 is 11.8 Å². The number of methoxy groups -OCH3 is 1. The molecule has 1 aliphatic rings. The summed E-state index contributed by atoms with van der Waals surface area (Å²) in [5.74, 6) is 0.0143. The summed E-state index contributed by atoms with van der Waals surface area (Å²) in [7, 11) is 1.54. The third kappa shape index (κ3) is 5.26. The van der Waals surface area contributed by atoms with Crippen LogP contribution in [0.3, 0.4) is 0 Å². The molecule has 1 saturated heterocycles. The summed E-state index contributed by atoms with van der Waals surface area (Å²) < 4.78 is 16.0. The Balaban J connectivity index is 2.19. The lowest BCUT2D eigenvalue weighted by atomic mass is 10.1. The summed E-state index contributed by atoms with van der Waals surface area (Å²) >= 11 is 0.787. The second-order valence-electron chi connectivity index (χ2n) is 5.82. The van der Waals surface area contributed by atoms with E-state index in [2.05, 4.69) is 0 Å². The highest BCUT2D eigenvalue weighted by atomic mass is 32.2. The summed E-state index contributed by atoms with van der Waals surface area (Å²) in [6, 6.07) is 5.27. The number of nitrogens with zero attached hydrogens (tertiary/aromatic N) is 1. The fourth-order valence-corrected chi connectivity index (χ4v) is 3.13. The van der Waals surface area contributed by atoms with Crippen LogP contribution in [0.25, 0.3) is 6.08 Å². The highest BCUT2D eigenvalue weighted by Gasteiger charge is 2.36. The Morgan fingerprint density at radius 1 is 1.26 bits per heavy atom. The Kier molecular flexibility index (Phi) is 7.29. The quantitative estimate of drug-likeness (QED) is 0.494. The molecule has 0 bridgehead atoms. The number of carbonyl (C=O) groups excluding carboxylic acids is 3. The summed E-state index contributed by atoms with van der Waals surface area (Å²) in [6.45, 7) is 5.45. The van der Waals surface area contributed by atoms with Crippen LogP contribution in [0.15, 0.2) is 23.1 Å². The number of esters is 1. The van der Waals surface area contributed by atoms with Crippen molar-refractivity contribution >= 4 is 35.0 Å². The highest BCUT2D eigenvalue weighted by molar-refractivity contribution is 8.18. The van der Waals surface area contributed by atoms with Gasteiger partial charge in [-0.3, -0.25) is 19.3 Å². The van der Waals surface area contributed by atoms with Gasteiger partial charge in [0.2, 0.25) is 0 Å². The van der Waals surface area contributed by atoms with E-state index in [1.54, 1.807) is 31.2 Å². The molecule has 0 aliphatic carbocycles. The molecule has 1 heterocycles. The van der Waals surface area contributed by atoms with Crippen LogP contribution in [0, 0.1) is 0 Å². The summed E-state index contributed by atoms with van der Waals surface area (Å²) in [5, 5.41) is -0.497. The van der Waals surface area contributed by atoms with Gasteiger partial charge in [0.05, 0.1) is 24.7 Å². The minimum absolute atomic E-state index is 0.0455. The minimum Gasteiger partial charge on any atom is -0.493 e. The molecule has 8 heteroatoms. The normalized spacial score (nSPS) is 16.6. The molecule has 1 aliphatic heterocycles. The van der Waals surface area contributed by atoms with Crippen LogP contribution in [-0.4, -0.2) is 48.4 Å². The zero-order chi connectivity index (χ0) is 20.0. The summed E-state index contributed by atoms with van der Waals surface area (Å²) in [6.07, 6.45) is 2.49. The fourth-order valence-electron chi connectivity index (χ4n) is 2.29. The monoisotopic (exact) mass is 393 g/mol. The number of hydrogen-bond donors (Lipinski definition) is 0. The van der Waals surface area contributed by atoms with Gasteiger partial charge in [-0.25, -0.2) is 0 Å². The van der Waals surface area contributed by atoms with E-state index in [9.17, 15) is 14.4 Å². The van der Waals surface area contributed by atoms with Gasteiger partial charge in [-0.15, -0.1) is 0 Å². The maximum atomic E-state index is 12.4. The first kappa shape index (κ1) is 20.8. The van der Waals surface area contributed by atoms with Gasteiger partial charge in [0.15, 0.2) is 11.5 Å². The molecule has 0 saturated carbocycles. The largest absolute Gasteiger partial charge is 0.493 e. The molecule has 2 rings (SSSR count). The smallest absolute Gasteiger partial charge is 0.326 e. The van der Waals surface area contributed by atoms with Crippen molar-refractivity contribution in [3.05, 3.63) is 28.7 Å². The number of rotatable bonds is 8. The van der Waals surface area contributed by atoms with E-state index in [4.69, 9.17) is 14.2 Å². The molecule has 27 heavy (non-hydrogen) atoms. The molecule has 1 aromatic rings. The maximum absolute atomic E-state index is 12.4. The van der Waals surface area contributed by atoms with Crippen LogP contribution in [0.2, 0.25) is 0 Å². The molecule has 1 atom stereocenters. The Labute approximate surface area is 162 Å². The fraction of sp³-hybridized carbons (Fsp3) is 0.421. The van der Waals surface area contributed by atoms with Crippen molar-refractivity contribution < 1.29 is 28.6 Å². The van der Waals surface area contributed by atoms with Crippen LogP contribution < -0.4 is 9.47 Å². The average molecular weight is 393 g/mol. The van der Waals surface area contributed by atoms with Gasteiger partial charge in [-0.05, 0) is 55.8 Å². The van der Waals surface area contributed by atoms with E-state index >= 15 is 0 Å². The van der Waals surface area contributed by atoms with Gasteiger partial charge < -0.3 is 14.2 Å². The number of ether oxygens (including phenoxy) is 3. The number of imide groups is 1. The van der Waals surface area contributed by atoms with Crippen molar-refractivity contribution in [2.24, 2.45) is 0 Å². The van der Waals surface area contributed by atoms with E-state index in [-0.39, 0.29) is 24.2 Å². The third-order valence-electron chi connectivity index (χ3n) is 3.85. The van der Waals surface area contributed by atoms with E-state index in [0.717, 1.165) is 23.1 Å². The van der Waals surface area contributed by atoms with Gasteiger partial charge in [-0.1, -0.05) is 13.0 Å². The number of thioether (sulfide) groups is 1. The van der Waals surface area contributed by atoms with Crippen LogP contribution in [0.5, 0.6) is 11.5 Å². The highest BCUT2D eigenvalue weighted by Crippen LogP contribution is 2.34. The number of hydrogen-bond acceptors (Lipinski definition) is 7. The predicted molar refractivity (Wildman–Crippen MR) is 103 cm³/mol.